The van der Waals surface area contributed by atoms with Crippen molar-refractivity contribution in [3.63, 3.8) is 0 Å². The van der Waals surface area contributed by atoms with E-state index in [9.17, 15) is 8.42 Å². The summed E-state index contributed by atoms with van der Waals surface area (Å²) in [5, 5.41) is 8.67. The van der Waals surface area contributed by atoms with Gasteiger partial charge in [0.2, 0.25) is 0 Å². The number of nitrogens with one attached hydrogen (secondary N) is 1. The number of nitrogens with two attached hydrogens (primary N) is 1. The number of anilines is 2. The van der Waals surface area contributed by atoms with Gasteiger partial charge in [0.05, 0.1) is 16.5 Å². The molecule has 19 heavy (non-hydrogen) atoms. The van der Waals surface area contributed by atoms with Crippen LogP contribution < -0.4 is 10.5 Å². The maximum atomic E-state index is 12.1. The Morgan fingerprint density at radius 3 is 2.11 bits per heavy atom. The normalized spacial score (nSPS) is 10.7. The average molecular weight is 273 g/mol. The summed E-state index contributed by atoms with van der Waals surface area (Å²) in [6, 6.07) is 14.0. The van der Waals surface area contributed by atoms with Crippen LogP contribution in [0.25, 0.3) is 0 Å². The molecule has 0 unspecified atom stereocenters. The Morgan fingerprint density at radius 2 is 1.58 bits per heavy atom. The predicted molar refractivity (Wildman–Crippen MR) is 72.8 cm³/mol. The van der Waals surface area contributed by atoms with Crippen molar-refractivity contribution in [2.24, 2.45) is 0 Å². The van der Waals surface area contributed by atoms with Gasteiger partial charge >= 0.3 is 0 Å². The van der Waals surface area contributed by atoms with Gasteiger partial charge in [-0.05, 0) is 48.5 Å². The molecule has 0 aromatic heterocycles. The van der Waals surface area contributed by atoms with Gasteiger partial charge in [0, 0.05) is 11.4 Å². The van der Waals surface area contributed by atoms with Crippen LogP contribution in [0.4, 0.5) is 11.4 Å². The van der Waals surface area contributed by atoms with E-state index in [1.54, 1.807) is 24.3 Å². The van der Waals surface area contributed by atoms with E-state index in [2.05, 4.69) is 4.72 Å². The average Bonchev–Trinajstić information content (AvgIpc) is 2.41. The fourth-order valence-electron chi connectivity index (χ4n) is 1.47. The molecule has 0 aliphatic rings. The first-order valence-electron chi connectivity index (χ1n) is 5.40. The van der Waals surface area contributed by atoms with Crippen molar-refractivity contribution in [3.8, 4) is 6.07 Å². The maximum absolute atomic E-state index is 12.1. The Kier molecular flexibility index (Phi) is 3.40. The second-order valence-corrected chi connectivity index (χ2v) is 5.55. The first-order chi connectivity index (χ1) is 9.01. The van der Waals surface area contributed by atoms with Crippen LogP contribution in [0.3, 0.4) is 0 Å². The Labute approximate surface area is 111 Å². The largest absolute Gasteiger partial charge is 0.399 e. The van der Waals surface area contributed by atoms with Crippen LogP contribution in [0, 0.1) is 11.3 Å². The van der Waals surface area contributed by atoms with E-state index in [1.807, 2.05) is 6.07 Å². The minimum Gasteiger partial charge on any atom is -0.399 e. The van der Waals surface area contributed by atoms with Gasteiger partial charge in [-0.25, -0.2) is 8.42 Å². The number of hydrogen-bond donors (Lipinski definition) is 2. The molecule has 0 heterocycles. The smallest absolute Gasteiger partial charge is 0.261 e. The van der Waals surface area contributed by atoms with Crippen LogP contribution in [-0.2, 0) is 10.0 Å². The number of nitrogens with zero attached hydrogens (tertiary/aromatic N) is 1. The van der Waals surface area contributed by atoms with Crippen LogP contribution in [0.15, 0.2) is 53.4 Å². The van der Waals surface area contributed by atoms with Gasteiger partial charge in [-0.3, -0.25) is 4.72 Å². The third kappa shape index (κ3) is 3.03. The van der Waals surface area contributed by atoms with Crippen molar-refractivity contribution in [1.29, 1.82) is 5.26 Å². The molecule has 96 valence electrons. The molecule has 0 spiro atoms. The summed E-state index contributed by atoms with van der Waals surface area (Å²) in [6.07, 6.45) is 0. The summed E-state index contributed by atoms with van der Waals surface area (Å²) in [6.45, 7) is 0. The van der Waals surface area contributed by atoms with Gasteiger partial charge in [0.15, 0.2) is 0 Å². The SMILES string of the molecule is N#Cc1ccc(S(=O)(=O)Nc2ccc(N)cc2)cc1. The number of nitriles is 1. The molecular weight excluding hydrogens is 262 g/mol. The molecule has 0 saturated carbocycles. The minimum absolute atomic E-state index is 0.100. The highest BCUT2D eigenvalue weighted by molar-refractivity contribution is 7.92. The van der Waals surface area contributed by atoms with Crippen LogP contribution in [0.1, 0.15) is 5.56 Å². The van der Waals surface area contributed by atoms with Crippen molar-refractivity contribution in [1.82, 2.24) is 0 Å². The van der Waals surface area contributed by atoms with Crippen molar-refractivity contribution >= 4 is 21.4 Å². The molecule has 0 saturated heterocycles. The lowest BCUT2D eigenvalue weighted by Crippen LogP contribution is -2.12. The minimum atomic E-state index is -3.65. The highest BCUT2D eigenvalue weighted by Crippen LogP contribution is 2.17. The first-order valence-corrected chi connectivity index (χ1v) is 6.88. The molecule has 2 aromatic carbocycles. The van der Waals surface area contributed by atoms with Gasteiger partial charge < -0.3 is 5.73 Å². The second-order valence-electron chi connectivity index (χ2n) is 3.86. The molecule has 0 radical (unpaired) electrons. The molecule has 0 aliphatic carbocycles. The number of sulfonamides is 1. The van der Waals surface area contributed by atoms with Gasteiger partial charge in [-0.1, -0.05) is 0 Å². The quantitative estimate of drug-likeness (QED) is 0.835. The number of benzene rings is 2. The molecule has 0 fully saturated rings. The zero-order chi connectivity index (χ0) is 13.9. The fourth-order valence-corrected chi connectivity index (χ4v) is 2.53. The summed E-state index contributed by atoms with van der Waals surface area (Å²) < 4.78 is 26.6. The summed E-state index contributed by atoms with van der Waals surface area (Å²) in [5.74, 6) is 0. The number of nitrogen functional groups attached to an aromatic ring is 1. The van der Waals surface area contributed by atoms with Gasteiger partial charge in [-0.2, -0.15) is 5.26 Å². The standard InChI is InChI=1S/C13H11N3O2S/c14-9-10-1-7-13(8-2-10)19(17,18)16-12-5-3-11(15)4-6-12/h1-8,16H,15H2. The Bertz CT molecular complexity index is 714. The lowest BCUT2D eigenvalue weighted by Gasteiger charge is -2.08. The molecule has 0 atom stereocenters. The number of rotatable bonds is 3. The van der Waals surface area contributed by atoms with Gasteiger partial charge in [0.25, 0.3) is 10.0 Å². The van der Waals surface area contributed by atoms with E-state index >= 15 is 0 Å². The zero-order valence-corrected chi connectivity index (χ0v) is 10.7. The van der Waals surface area contributed by atoms with E-state index in [0.29, 0.717) is 16.9 Å². The van der Waals surface area contributed by atoms with Crippen LogP contribution in [-0.4, -0.2) is 8.42 Å². The molecule has 0 amide bonds. The van der Waals surface area contributed by atoms with Gasteiger partial charge in [0.1, 0.15) is 0 Å². The summed E-state index contributed by atoms with van der Waals surface area (Å²) in [5.41, 5.74) is 6.92. The van der Waals surface area contributed by atoms with Crippen molar-refractivity contribution in [2.75, 3.05) is 10.5 Å². The van der Waals surface area contributed by atoms with Crippen molar-refractivity contribution in [3.05, 3.63) is 54.1 Å². The molecule has 0 bridgehead atoms. The third-order valence-corrected chi connectivity index (χ3v) is 3.85. The summed E-state index contributed by atoms with van der Waals surface area (Å²) in [4.78, 5) is 0.100. The summed E-state index contributed by atoms with van der Waals surface area (Å²) >= 11 is 0. The van der Waals surface area contributed by atoms with E-state index in [1.165, 1.54) is 24.3 Å². The topological polar surface area (TPSA) is 96.0 Å². The first kappa shape index (κ1) is 12.9. The zero-order valence-electron chi connectivity index (χ0n) is 9.87. The lowest BCUT2D eigenvalue weighted by molar-refractivity contribution is 0.601. The highest BCUT2D eigenvalue weighted by Gasteiger charge is 2.13. The molecule has 6 heteroatoms. The Hall–Kier alpha value is -2.52. The fraction of sp³-hybridized carbons (Fsp3) is 0. The monoisotopic (exact) mass is 273 g/mol. The summed E-state index contributed by atoms with van der Waals surface area (Å²) in [7, 11) is -3.65. The van der Waals surface area contributed by atoms with Crippen LogP contribution >= 0.6 is 0 Å². The molecule has 2 rings (SSSR count). The van der Waals surface area contributed by atoms with E-state index in [4.69, 9.17) is 11.0 Å². The molecule has 5 nitrogen and oxygen atoms in total. The molecule has 3 N–H and O–H groups in total. The molecule has 0 aliphatic heterocycles. The van der Waals surface area contributed by atoms with Crippen LogP contribution in [0.2, 0.25) is 0 Å². The van der Waals surface area contributed by atoms with Gasteiger partial charge in [-0.15, -0.1) is 0 Å². The predicted octanol–water partition coefficient (Wildman–Crippen LogP) is 1.94. The highest BCUT2D eigenvalue weighted by atomic mass is 32.2. The van der Waals surface area contributed by atoms with E-state index in [0.717, 1.165) is 0 Å². The van der Waals surface area contributed by atoms with Crippen LogP contribution in [0.5, 0.6) is 0 Å². The number of hydrogen-bond acceptors (Lipinski definition) is 4. The second kappa shape index (κ2) is 5.00. The molecule has 2 aromatic rings. The Balaban J connectivity index is 2.27. The van der Waals surface area contributed by atoms with E-state index < -0.39 is 10.0 Å². The van der Waals surface area contributed by atoms with Crippen molar-refractivity contribution in [2.45, 2.75) is 4.90 Å². The van der Waals surface area contributed by atoms with Crippen molar-refractivity contribution < 1.29 is 8.42 Å². The lowest BCUT2D eigenvalue weighted by atomic mass is 10.2. The third-order valence-electron chi connectivity index (χ3n) is 2.46. The molecular formula is C13H11N3O2S. The maximum Gasteiger partial charge on any atom is 0.261 e. The van der Waals surface area contributed by atoms with E-state index in [-0.39, 0.29) is 4.90 Å². The Morgan fingerprint density at radius 1 is 1.00 bits per heavy atom.